The molecule has 21 heavy (non-hydrogen) atoms. The third kappa shape index (κ3) is 3.76. The minimum atomic E-state index is -0.428. The topological polar surface area (TPSA) is 72.5 Å². The summed E-state index contributed by atoms with van der Waals surface area (Å²) in [6.07, 6.45) is 3.16. The predicted octanol–water partition coefficient (Wildman–Crippen LogP) is 3.40. The number of hydrogen-bond donors (Lipinski definition) is 2. The molecule has 6 nitrogen and oxygen atoms in total. The summed E-state index contributed by atoms with van der Waals surface area (Å²) in [4.78, 5) is 15.8. The van der Waals surface area contributed by atoms with Crippen molar-refractivity contribution in [2.75, 3.05) is 24.9 Å². The molecule has 2 amide bonds. The number of benzene rings is 1. The molecular weight excluding hydrogens is 294 g/mol. The average molecular weight is 308 g/mol. The van der Waals surface area contributed by atoms with Gasteiger partial charge in [-0.3, -0.25) is 4.98 Å². The second-order valence-electron chi connectivity index (χ2n) is 4.01. The number of rotatable bonds is 4. The molecule has 0 atom stereocenters. The number of carbonyl (C=O) groups is 1. The van der Waals surface area contributed by atoms with Crippen molar-refractivity contribution >= 4 is 29.0 Å². The van der Waals surface area contributed by atoms with Crippen molar-refractivity contribution in [3.8, 4) is 11.5 Å². The molecule has 0 radical (unpaired) electrons. The van der Waals surface area contributed by atoms with Crippen LogP contribution in [0.3, 0.4) is 0 Å². The third-order valence-corrected chi connectivity index (χ3v) is 2.94. The van der Waals surface area contributed by atoms with Crippen LogP contribution in [0.15, 0.2) is 36.7 Å². The highest BCUT2D eigenvalue weighted by atomic mass is 35.5. The highest BCUT2D eigenvalue weighted by molar-refractivity contribution is 6.32. The van der Waals surface area contributed by atoms with Crippen molar-refractivity contribution in [1.29, 1.82) is 0 Å². The molecule has 0 saturated heterocycles. The molecule has 1 heterocycles. The Bertz CT molecular complexity index is 635. The normalized spacial score (nSPS) is 9.86. The van der Waals surface area contributed by atoms with Crippen LogP contribution in [0.4, 0.5) is 16.2 Å². The second-order valence-corrected chi connectivity index (χ2v) is 4.42. The number of hydrogen-bond acceptors (Lipinski definition) is 4. The molecule has 2 rings (SSSR count). The molecule has 1 aromatic carbocycles. The van der Waals surface area contributed by atoms with Gasteiger partial charge in [0.15, 0.2) is 0 Å². The third-order valence-electron chi connectivity index (χ3n) is 2.64. The zero-order chi connectivity index (χ0) is 15.2. The Morgan fingerprint density at radius 3 is 2.57 bits per heavy atom. The smallest absolute Gasteiger partial charge is 0.323 e. The zero-order valence-corrected chi connectivity index (χ0v) is 12.3. The van der Waals surface area contributed by atoms with E-state index in [-0.39, 0.29) is 0 Å². The molecule has 1 aromatic heterocycles. The summed E-state index contributed by atoms with van der Waals surface area (Å²) in [5.41, 5.74) is 1.01. The van der Waals surface area contributed by atoms with E-state index in [1.54, 1.807) is 30.5 Å². The standard InChI is InChI=1S/C14H14ClN3O3/c1-20-12-7-13(21-2)11(6-10(12)15)18-14(19)17-9-4-3-5-16-8-9/h3-8H,1-2H3,(H2,17,18,19). The van der Waals surface area contributed by atoms with Crippen molar-refractivity contribution in [2.24, 2.45) is 0 Å². The van der Waals surface area contributed by atoms with Crippen LogP contribution in [0.25, 0.3) is 0 Å². The monoisotopic (exact) mass is 307 g/mol. The molecule has 7 heteroatoms. The molecule has 110 valence electrons. The predicted molar refractivity (Wildman–Crippen MR) is 81.4 cm³/mol. The maximum absolute atomic E-state index is 11.9. The van der Waals surface area contributed by atoms with Gasteiger partial charge in [-0.2, -0.15) is 0 Å². The van der Waals surface area contributed by atoms with Gasteiger partial charge < -0.3 is 20.1 Å². The van der Waals surface area contributed by atoms with Gasteiger partial charge in [-0.25, -0.2) is 4.79 Å². The average Bonchev–Trinajstić information content (AvgIpc) is 2.48. The summed E-state index contributed by atoms with van der Waals surface area (Å²) in [6, 6.07) is 6.18. The molecule has 0 aliphatic heterocycles. The molecular formula is C14H14ClN3O3. The fourth-order valence-electron chi connectivity index (χ4n) is 1.68. The molecule has 2 aromatic rings. The Hall–Kier alpha value is -2.47. The Balaban J connectivity index is 2.15. The van der Waals surface area contributed by atoms with Crippen molar-refractivity contribution in [3.63, 3.8) is 0 Å². The van der Waals surface area contributed by atoms with Gasteiger partial charge in [-0.05, 0) is 18.2 Å². The van der Waals surface area contributed by atoms with Gasteiger partial charge in [0.2, 0.25) is 0 Å². The van der Waals surface area contributed by atoms with Gasteiger partial charge in [-0.15, -0.1) is 0 Å². The summed E-state index contributed by atoms with van der Waals surface area (Å²) in [5.74, 6) is 0.907. The van der Waals surface area contributed by atoms with E-state index in [1.807, 2.05) is 0 Å². The summed E-state index contributed by atoms with van der Waals surface area (Å²) >= 11 is 6.04. The Kier molecular flexibility index (Phi) is 4.84. The van der Waals surface area contributed by atoms with E-state index in [0.717, 1.165) is 0 Å². The fourth-order valence-corrected chi connectivity index (χ4v) is 1.92. The molecule has 0 fully saturated rings. The van der Waals surface area contributed by atoms with Crippen LogP contribution < -0.4 is 20.1 Å². The lowest BCUT2D eigenvalue weighted by molar-refractivity contribution is 0.262. The molecule has 0 unspecified atom stereocenters. The molecule has 2 N–H and O–H groups in total. The number of methoxy groups -OCH3 is 2. The summed E-state index contributed by atoms with van der Waals surface area (Å²) < 4.78 is 10.3. The van der Waals surface area contributed by atoms with Gasteiger partial charge in [0.05, 0.1) is 36.8 Å². The zero-order valence-electron chi connectivity index (χ0n) is 11.5. The SMILES string of the molecule is COc1cc(OC)c(NC(=O)Nc2cccnc2)cc1Cl. The number of amides is 2. The number of aromatic nitrogens is 1. The van der Waals surface area contributed by atoms with E-state index in [4.69, 9.17) is 21.1 Å². The number of carbonyl (C=O) groups excluding carboxylic acids is 1. The van der Waals surface area contributed by atoms with E-state index in [1.165, 1.54) is 20.4 Å². The van der Waals surface area contributed by atoms with Crippen LogP contribution in [0.1, 0.15) is 0 Å². The minimum Gasteiger partial charge on any atom is -0.495 e. The Morgan fingerprint density at radius 2 is 1.95 bits per heavy atom. The van der Waals surface area contributed by atoms with E-state index in [9.17, 15) is 4.79 Å². The first-order valence-electron chi connectivity index (χ1n) is 6.03. The van der Waals surface area contributed by atoms with Crippen molar-refractivity contribution < 1.29 is 14.3 Å². The van der Waals surface area contributed by atoms with Crippen molar-refractivity contribution in [3.05, 3.63) is 41.7 Å². The van der Waals surface area contributed by atoms with Crippen LogP contribution in [0, 0.1) is 0 Å². The molecule has 0 bridgehead atoms. The van der Waals surface area contributed by atoms with Crippen molar-refractivity contribution in [1.82, 2.24) is 4.98 Å². The summed E-state index contributed by atoms with van der Waals surface area (Å²) in [6.45, 7) is 0. The maximum atomic E-state index is 11.9. The molecule has 0 aliphatic carbocycles. The highest BCUT2D eigenvalue weighted by Gasteiger charge is 2.12. The van der Waals surface area contributed by atoms with Crippen LogP contribution in [-0.4, -0.2) is 25.2 Å². The van der Waals surface area contributed by atoms with E-state index < -0.39 is 6.03 Å². The number of urea groups is 1. The number of anilines is 2. The number of halogens is 1. The lowest BCUT2D eigenvalue weighted by atomic mass is 10.2. The second kappa shape index (κ2) is 6.81. The van der Waals surface area contributed by atoms with Crippen LogP contribution >= 0.6 is 11.6 Å². The lowest BCUT2D eigenvalue weighted by Crippen LogP contribution is -2.19. The first-order chi connectivity index (χ1) is 10.1. The number of pyridine rings is 1. The van der Waals surface area contributed by atoms with Crippen molar-refractivity contribution in [2.45, 2.75) is 0 Å². The Labute approximate surface area is 127 Å². The number of nitrogens with one attached hydrogen (secondary N) is 2. The van der Waals surface area contributed by atoms with E-state index >= 15 is 0 Å². The summed E-state index contributed by atoms with van der Waals surface area (Å²) in [5, 5.41) is 5.68. The van der Waals surface area contributed by atoms with E-state index in [0.29, 0.717) is 27.9 Å². The maximum Gasteiger partial charge on any atom is 0.323 e. The number of ether oxygens (including phenoxy) is 2. The fraction of sp³-hybridized carbons (Fsp3) is 0.143. The van der Waals surface area contributed by atoms with Gasteiger partial charge in [0.25, 0.3) is 0 Å². The van der Waals surface area contributed by atoms with Gasteiger partial charge in [-0.1, -0.05) is 11.6 Å². The Morgan fingerprint density at radius 1 is 1.19 bits per heavy atom. The van der Waals surface area contributed by atoms with Gasteiger partial charge in [0, 0.05) is 12.3 Å². The first-order valence-corrected chi connectivity index (χ1v) is 6.41. The van der Waals surface area contributed by atoms with E-state index in [2.05, 4.69) is 15.6 Å². The van der Waals surface area contributed by atoms with Crippen LogP contribution in [0.2, 0.25) is 5.02 Å². The number of nitrogens with zero attached hydrogens (tertiary/aromatic N) is 1. The highest BCUT2D eigenvalue weighted by Crippen LogP contribution is 2.35. The van der Waals surface area contributed by atoms with Crippen LogP contribution in [0.5, 0.6) is 11.5 Å². The quantitative estimate of drug-likeness (QED) is 0.908. The van der Waals surface area contributed by atoms with Crippen LogP contribution in [-0.2, 0) is 0 Å². The molecule has 0 aliphatic rings. The largest absolute Gasteiger partial charge is 0.495 e. The lowest BCUT2D eigenvalue weighted by Gasteiger charge is -2.13. The van der Waals surface area contributed by atoms with Gasteiger partial charge >= 0.3 is 6.03 Å². The molecule has 0 saturated carbocycles. The minimum absolute atomic E-state index is 0.370. The van der Waals surface area contributed by atoms with Gasteiger partial charge in [0.1, 0.15) is 11.5 Å². The first kappa shape index (κ1) is 14.9. The molecule has 0 spiro atoms. The summed E-state index contributed by atoms with van der Waals surface area (Å²) in [7, 11) is 3.00.